The summed E-state index contributed by atoms with van der Waals surface area (Å²) in [5.41, 5.74) is 2.74. The van der Waals surface area contributed by atoms with Crippen LogP contribution in [0.15, 0.2) is 36.5 Å². The lowest BCUT2D eigenvalue weighted by molar-refractivity contribution is -0.119. The van der Waals surface area contributed by atoms with E-state index in [2.05, 4.69) is 36.2 Å². The summed E-state index contributed by atoms with van der Waals surface area (Å²) in [5.74, 6) is 1.17. The molecule has 2 aromatic heterocycles. The summed E-state index contributed by atoms with van der Waals surface area (Å²) < 4.78 is 10.5. The van der Waals surface area contributed by atoms with Crippen molar-refractivity contribution >= 4 is 34.4 Å². The minimum atomic E-state index is -0.199. The first-order valence-corrected chi connectivity index (χ1v) is 11.6. The lowest BCUT2D eigenvalue weighted by Gasteiger charge is -2.30. The summed E-state index contributed by atoms with van der Waals surface area (Å²) in [6, 6.07) is 9.57. The molecule has 2 aliphatic rings. The number of carbonyl (C=O) groups excluding carboxylic acids is 2. The number of nitrogens with one attached hydrogen (secondary N) is 4. The van der Waals surface area contributed by atoms with Gasteiger partial charge < -0.3 is 30.7 Å². The number of methoxy groups -OCH3 is 1. The Kier molecular flexibility index (Phi) is 6.68. The third-order valence-electron chi connectivity index (χ3n) is 6.09. The van der Waals surface area contributed by atoms with Gasteiger partial charge in [0.25, 0.3) is 5.91 Å². The summed E-state index contributed by atoms with van der Waals surface area (Å²) in [5, 5.41) is 12.7. The van der Waals surface area contributed by atoms with Crippen molar-refractivity contribution in [3.63, 3.8) is 0 Å². The Hall–Kier alpha value is -3.83. The van der Waals surface area contributed by atoms with Crippen molar-refractivity contribution in [3.8, 4) is 11.6 Å². The van der Waals surface area contributed by atoms with E-state index in [-0.39, 0.29) is 30.5 Å². The number of piperidine rings is 1. The van der Waals surface area contributed by atoms with E-state index < -0.39 is 0 Å². The molecule has 1 aromatic carbocycles. The van der Waals surface area contributed by atoms with Crippen molar-refractivity contribution in [3.05, 3.63) is 42.2 Å². The standard InChI is InChI=1S/C24H27N7O4/c1-34-22-12-27-17-3-2-4-18(23(17)31-22)29-20(32)9-14-5-6-15(10-25-14)26-11-16-7-8-19-24(28-16)30-21(33)13-35-19/h2-4,7-8,12,14-15,25-26H,5-6,9-11,13H2,1H3,(H,29,32)(H,28,30,33). The number of nitrogens with zero attached hydrogens (tertiary/aromatic N) is 3. The van der Waals surface area contributed by atoms with Gasteiger partial charge in [-0.3, -0.25) is 9.59 Å². The molecule has 2 aliphatic heterocycles. The van der Waals surface area contributed by atoms with Crippen LogP contribution in [-0.4, -0.2) is 59.1 Å². The normalized spacial score (nSPS) is 19.4. The molecule has 3 aromatic rings. The van der Waals surface area contributed by atoms with Crippen LogP contribution in [0.1, 0.15) is 25.0 Å². The molecule has 35 heavy (non-hydrogen) atoms. The van der Waals surface area contributed by atoms with Crippen molar-refractivity contribution in [2.24, 2.45) is 0 Å². The molecule has 0 saturated carbocycles. The molecule has 5 rings (SSSR count). The van der Waals surface area contributed by atoms with E-state index in [1.165, 1.54) is 7.11 Å². The SMILES string of the molecule is COc1cnc2cccc(NC(=O)CC3CCC(NCc4ccc5c(n4)NC(=O)CO5)CN3)c2n1. The first kappa shape index (κ1) is 22.9. The van der Waals surface area contributed by atoms with Crippen molar-refractivity contribution in [2.75, 3.05) is 30.9 Å². The Balaban J connectivity index is 1.10. The second-order valence-corrected chi connectivity index (χ2v) is 8.58. The smallest absolute Gasteiger partial charge is 0.263 e. The highest BCUT2D eigenvalue weighted by molar-refractivity contribution is 5.99. The van der Waals surface area contributed by atoms with Gasteiger partial charge in [-0.1, -0.05) is 6.07 Å². The third-order valence-corrected chi connectivity index (χ3v) is 6.09. The number of pyridine rings is 1. The number of ether oxygens (including phenoxy) is 2. The predicted octanol–water partition coefficient (Wildman–Crippen LogP) is 1.60. The molecule has 0 aliphatic carbocycles. The molecule has 0 spiro atoms. The topological polar surface area (TPSA) is 139 Å². The molecule has 11 nitrogen and oxygen atoms in total. The fraction of sp³-hybridized carbons (Fsp3) is 0.375. The summed E-state index contributed by atoms with van der Waals surface area (Å²) >= 11 is 0. The first-order chi connectivity index (χ1) is 17.1. The van der Waals surface area contributed by atoms with Crippen LogP contribution in [0, 0.1) is 0 Å². The zero-order chi connectivity index (χ0) is 24.2. The van der Waals surface area contributed by atoms with Crippen molar-refractivity contribution in [1.82, 2.24) is 25.6 Å². The van der Waals surface area contributed by atoms with Gasteiger partial charge in [-0.05, 0) is 37.1 Å². The van der Waals surface area contributed by atoms with E-state index >= 15 is 0 Å². The molecule has 11 heteroatoms. The second-order valence-electron chi connectivity index (χ2n) is 8.58. The number of aromatic nitrogens is 3. The summed E-state index contributed by atoms with van der Waals surface area (Å²) in [6.07, 6.45) is 3.73. The molecule has 0 radical (unpaired) electrons. The highest BCUT2D eigenvalue weighted by Gasteiger charge is 2.23. The van der Waals surface area contributed by atoms with Gasteiger partial charge in [0.15, 0.2) is 18.2 Å². The zero-order valence-corrected chi connectivity index (χ0v) is 19.3. The van der Waals surface area contributed by atoms with Crippen molar-refractivity contribution in [2.45, 2.75) is 37.9 Å². The molecule has 182 valence electrons. The van der Waals surface area contributed by atoms with Crippen LogP contribution in [0.4, 0.5) is 11.5 Å². The maximum atomic E-state index is 12.7. The Labute approximate surface area is 202 Å². The molecule has 4 N–H and O–H groups in total. The van der Waals surface area contributed by atoms with Crippen LogP contribution in [0.5, 0.6) is 11.6 Å². The van der Waals surface area contributed by atoms with Crippen LogP contribution in [-0.2, 0) is 16.1 Å². The van der Waals surface area contributed by atoms with Gasteiger partial charge in [0.2, 0.25) is 11.8 Å². The van der Waals surface area contributed by atoms with Crippen molar-refractivity contribution in [1.29, 1.82) is 0 Å². The minimum absolute atomic E-state index is 0.0179. The number of benzene rings is 1. The van der Waals surface area contributed by atoms with E-state index in [1.807, 2.05) is 30.3 Å². The number of para-hydroxylation sites is 1. The van der Waals surface area contributed by atoms with Crippen LogP contribution in [0.2, 0.25) is 0 Å². The van der Waals surface area contributed by atoms with Gasteiger partial charge in [-0.15, -0.1) is 0 Å². The Morgan fingerprint density at radius 3 is 2.97 bits per heavy atom. The van der Waals surface area contributed by atoms with Gasteiger partial charge in [0, 0.05) is 31.6 Å². The molecular weight excluding hydrogens is 450 g/mol. The quantitative estimate of drug-likeness (QED) is 0.399. The average Bonchev–Trinajstić information content (AvgIpc) is 2.88. The number of amides is 2. The number of carbonyl (C=O) groups is 2. The van der Waals surface area contributed by atoms with Gasteiger partial charge in [-0.25, -0.2) is 15.0 Å². The van der Waals surface area contributed by atoms with Crippen molar-refractivity contribution < 1.29 is 19.1 Å². The minimum Gasteiger partial charge on any atom is -0.480 e. The van der Waals surface area contributed by atoms with E-state index in [1.54, 1.807) is 6.20 Å². The van der Waals surface area contributed by atoms with Gasteiger partial charge >= 0.3 is 0 Å². The molecule has 1 fully saturated rings. The monoisotopic (exact) mass is 477 g/mol. The molecule has 2 amide bonds. The van der Waals surface area contributed by atoms with Crippen LogP contribution in [0.3, 0.4) is 0 Å². The number of anilines is 2. The molecule has 4 heterocycles. The lowest BCUT2D eigenvalue weighted by atomic mass is 9.98. The maximum Gasteiger partial charge on any atom is 0.263 e. The number of hydrogen-bond donors (Lipinski definition) is 4. The third kappa shape index (κ3) is 5.47. The van der Waals surface area contributed by atoms with E-state index in [0.29, 0.717) is 47.1 Å². The van der Waals surface area contributed by atoms with Gasteiger partial charge in [-0.2, -0.15) is 0 Å². The number of hydrogen-bond acceptors (Lipinski definition) is 9. The van der Waals surface area contributed by atoms with E-state index in [9.17, 15) is 9.59 Å². The molecule has 2 unspecified atom stereocenters. The Morgan fingerprint density at radius 2 is 2.14 bits per heavy atom. The van der Waals surface area contributed by atoms with Gasteiger partial charge in [0.05, 0.1) is 30.2 Å². The van der Waals surface area contributed by atoms with Crippen LogP contribution >= 0.6 is 0 Å². The largest absolute Gasteiger partial charge is 0.480 e. The highest BCUT2D eigenvalue weighted by atomic mass is 16.5. The second kappa shape index (κ2) is 10.2. The average molecular weight is 478 g/mol. The fourth-order valence-electron chi connectivity index (χ4n) is 4.26. The first-order valence-electron chi connectivity index (χ1n) is 11.6. The predicted molar refractivity (Wildman–Crippen MR) is 129 cm³/mol. The molecular formula is C24H27N7O4. The Bertz CT molecular complexity index is 1240. The zero-order valence-electron chi connectivity index (χ0n) is 19.3. The highest BCUT2D eigenvalue weighted by Crippen LogP contribution is 2.25. The maximum absolute atomic E-state index is 12.7. The van der Waals surface area contributed by atoms with E-state index in [4.69, 9.17) is 9.47 Å². The van der Waals surface area contributed by atoms with Crippen LogP contribution < -0.4 is 30.7 Å². The molecule has 2 atom stereocenters. The fourth-order valence-corrected chi connectivity index (χ4v) is 4.26. The Morgan fingerprint density at radius 1 is 1.23 bits per heavy atom. The van der Waals surface area contributed by atoms with Gasteiger partial charge in [0.1, 0.15) is 5.52 Å². The summed E-state index contributed by atoms with van der Waals surface area (Å²) in [4.78, 5) is 37.4. The lowest BCUT2D eigenvalue weighted by Crippen LogP contribution is -2.48. The molecule has 0 bridgehead atoms. The summed E-state index contributed by atoms with van der Waals surface area (Å²) in [7, 11) is 1.53. The number of fused-ring (bicyclic) bond motifs is 2. The molecule has 1 saturated heterocycles. The summed E-state index contributed by atoms with van der Waals surface area (Å²) in [6.45, 7) is 1.34. The number of rotatable bonds is 7. The van der Waals surface area contributed by atoms with Crippen LogP contribution in [0.25, 0.3) is 11.0 Å². The van der Waals surface area contributed by atoms with E-state index in [0.717, 1.165) is 25.1 Å².